The van der Waals surface area contributed by atoms with Gasteiger partial charge in [0.1, 0.15) is 11.5 Å². The highest BCUT2D eigenvalue weighted by atomic mass is 16.5. The summed E-state index contributed by atoms with van der Waals surface area (Å²) in [5.41, 5.74) is 3.71. The van der Waals surface area contributed by atoms with Gasteiger partial charge in [0.15, 0.2) is 0 Å². The Hall–Kier alpha value is -2.60. The van der Waals surface area contributed by atoms with E-state index >= 15 is 0 Å². The first-order valence-electron chi connectivity index (χ1n) is 8.84. The zero-order valence-electron chi connectivity index (χ0n) is 14.0. The Kier molecular flexibility index (Phi) is 4.28. The molecule has 1 aliphatic carbocycles. The molecule has 0 spiro atoms. The number of carbonyl (C=O) groups excluding carboxylic acids is 1. The fourth-order valence-corrected chi connectivity index (χ4v) is 3.89. The third kappa shape index (κ3) is 2.93. The average molecular weight is 338 g/mol. The molecule has 1 fully saturated rings. The van der Waals surface area contributed by atoms with Gasteiger partial charge in [0.2, 0.25) is 0 Å². The number of hydrogen-bond acceptors (Lipinski definition) is 4. The molecule has 0 bridgehead atoms. The third-order valence-corrected chi connectivity index (χ3v) is 5.09. The maximum Gasteiger partial charge on any atom is 0.262 e. The fourth-order valence-electron chi connectivity index (χ4n) is 3.89. The molecule has 1 aliphatic rings. The van der Waals surface area contributed by atoms with Crippen LogP contribution in [0.2, 0.25) is 0 Å². The van der Waals surface area contributed by atoms with Crippen molar-refractivity contribution in [2.75, 3.05) is 11.9 Å². The van der Waals surface area contributed by atoms with Gasteiger partial charge in [-0.05, 0) is 24.3 Å². The summed E-state index contributed by atoms with van der Waals surface area (Å²) in [6.07, 6.45) is 8.09. The predicted octanol–water partition coefficient (Wildman–Crippen LogP) is 3.45. The quantitative estimate of drug-likeness (QED) is 0.503. The van der Waals surface area contributed by atoms with Crippen LogP contribution in [-0.4, -0.2) is 27.0 Å². The Morgan fingerprint density at radius 1 is 1.20 bits per heavy atom. The molecule has 2 heterocycles. The van der Waals surface area contributed by atoms with Gasteiger partial charge in [-0.3, -0.25) is 10.0 Å². The van der Waals surface area contributed by atoms with E-state index in [1.807, 2.05) is 12.1 Å². The minimum Gasteiger partial charge on any atom is -0.359 e. The Bertz CT molecular complexity index is 912. The Morgan fingerprint density at radius 2 is 2.00 bits per heavy atom. The summed E-state index contributed by atoms with van der Waals surface area (Å²) in [6.45, 7) is -0.00195. The minimum absolute atomic E-state index is 0.00195. The maximum absolute atomic E-state index is 11.4. The second kappa shape index (κ2) is 6.72. The number of hydrogen-bond donors (Lipinski definition) is 3. The number of carbonyl (C=O) groups is 1. The normalized spacial score (nSPS) is 15.6. The number of anilines is 1. The number of fused-ring (bicyclic) bond motifs is 3. The van der Waals surface area contributed by atoms with E-state index in [4.69, 9.17) is 10.2 Å². The van der Waals surface area contributed by atoms with E-state index in [1.54, 1.807) is 5.48 Å². The topological polar surface area (TPSA) is 78.7 Å². The van der Waals surface area contributed by atoms with Gasteiger partial charge in [0, 0.05) is 17.5 Å². The summed E-state index contributed by atoms with van der Waals surface area (Å²) in [5, 5.41) is 14.1. The Morgan fingerprint density at radius 3 is 2.80 bits per heavy atom. The third-order valence-electron chi connectivity index (χ3n) is 5.09. The molecule has 3 N–H and O–H groups in total. The molecule has 6 heteroatoms. The molecule has 0 aliphatic heterocycles. The number of amides is 1. The van der Waals surface area contributed by atoms with Crippen LogP contribution in [0.1, 0.15) is 43.7 Å². The first kappa shape index (κ1) is 15.9. The number of rotatable bonds is 4. The van der Waals surface area contributed by atoms with Crippen LogP contribution in [-0.2, 0) is 4.79 Å². The minimum atomic E-state index is -0.475. The maximum atomic E-state index is 11.4. The molecule has 25 heavy (non-hydrogen) atoms. The number of benzene rings is 1. The Balaban J connectivity index is 1.85. The van der Waals surface area contributed by atoms with Crippen molar-refractivity contribution in [2.45, 2.75) is 38.0 Å². The van der Waals surface area contributed by atoms with E-state index < -0.39 is 5.91 Å². The average Bonchev–Trinajstić information content (AvgIpc) is 3.05. The van der Waals surface area contributed by atoms with Crippen LogP contribution in [0.25, 0.3) is 16.4 Å². The summed E-state index contributed by atoms with van der Waals surface area (Å²) in [4.78, 5) is 16.3. The fraction of sp³-hybridized carbons (Fsp3) is 0.368. The van der Waals surface area contributed by atoms with Crippen molar-refractivity contribution in [3.05, 3.63) is 42.2 Å². The van der Waals surface area contributed by atoms with Crippen molar-refractivity contribution >= 4 is 28.1 Å². The molecular formula is C19H22N4O2. The van der Waals surface area contributed by atoms with Gasteiger partial charge in [-0.1, -0.05) is 43.5 Å². The van der Waals surface area contributed by atoms with Crippen molar-refractivity contribution in [1.82, 2.24) is 14.9 Å². The highest BCUT2D eigenvalue weighted by molar-refractivity contribution is 5.95. The molecule has 0 atom stereocenters. The molecule has 6 nitrogen and oxygen atoms in total. The van der Waals surface area contributed by atoms with Crippen molar-refractivity contribution in [1.29, 1.82) is 0 Å². The smallest absolute Gasteiger partial charge is 0.262 e. The molecule has 1 amide bonds. The van der Waals surface area contributed by atoms with Gasteiger partial charge in [-0.25, -0.2) is 10.5 Å². The van der Waals surface area contributed by atoms with Crippen molar-refractivity contribution in [3.63, 3.8) is 0 Å². The monoisotopic (exact) mass is 338 g/mol. The van der Waals surface area contributed by atoms with E-state index in [0.29, 0.717) is 5.92 Å². The summed E-state index contributed by atoms with van der Waals surface area (Å²) >= 11 is 0. The second-order valence-electron chi connectivity index (χ2n) is 6.67. The Labute approximate surface area is 145 Å². The van der Waals surface area contributed by atoms with Crippen LogP contribution in [0.15, 0.2) is 36.5 Å². The number of nitrogens with zero attached hydrogens (tertiary/aromatic N) is 2. The predicted molar refractivity (Wildman–Crippen MR) is 96.9 cm³/mol. The van der Waals surface area contributed by atoms with Crippen LogP contribution in [0, 0.1) is 0 Å². The summed E-state index contributed by atoms with van der Waals surface area (Å²) in [5.74, 6) is 0.702. The van der Waals surface area contributed by atoms with Crippen LogP contribution in [0.3, 0.4) is 0 Å². The van der Waals surface area contributed by atoms with Gasteiger partial charge < -0.3 is 9.72 Å². The zero-order valence-corrected chi connectivity index (χ0v) is 14.0. The second-order valence-corrected chi connectivity index (χ2v) is 6.67. The lowest BCUT2D eigenvalue weighted by molar-refractivity contribution is -0.127. The largest absolute Gasteiger partial charge is 0.359 e. The molecule has 4 rings (SSSR count). The van der Waals surface area contributed by atoms with Crippen LogP contribution >= 0.6 is 0 Å². The van der Waals surface area contributed by atoms with Crippen LogP contribution in [0.5, 0.6) is 0 Å². The van der Waals surface area contributed by atoms with Gasteiger partial charge in [0.25, 0.3) is 5.91 Å². The molecule has 2 aromatic heterocycles. The number of pyridine rings is 1. The summed E-state index contributed by atoms with van der Waals surface area (Å²) < 4.78 is 2.16. The van der Waals surface area contributed by atoms with E-state index in [1.165, 1.54) is 19.3 Å². The van der Waals surface area contributed by atoms with Gasteiger partial charge >= 0.3 is 0 Å². The SMILES string of the molecule is O=C(CNc1nc2c3ccccc3ccn2c1C1CCCCC1)NO. The highest BCUT2D eigenvalue weighted by Crippen LogP contribution is 2.37. The standard InChI is InChI=1S/C19H22N4O2/c24-16(22-25)12-20-18-17(14-7-2-1-3-8-14)23-11-10-13-6-4-5-9-15(13)19(23)21-18/h4-6,9-11,14,20,25H,1-3,7-8,12H2,(H,22,24). The first-order chi connectivity index (χ1) is 12.3. The number of nitrogens with one attached hydrogen (secondary N) is 2. The van der Waals surface area contributed by atoms with Gasteiger partial charge in [0.05, 0.1) is 12.2 Å². The van der Waals surface area contributed by atoms with E-state index in [0.717, 1.165) is 40.8 Å². The summed E-state index contributed by atoms with van der Waals surface area (Å²) in [6, 6.07) is 10.3. The van der Waals surface area contributed by atoms with E-state index in [2.05, 4.69) is 34.1 Å². The number of aromatic nitrogens is 2. The molecule has 130 valence electrons. The van der Waals surface area contributed by atoms with Crippen LogP contribution < -0.4 is 10.8 Å². The van der Waals surface area contributed by atoms with Crippen molar-refractivity contribution in [3.8, 4) is 0 Å². The van der Waals surface area contributed by atoms with E-state index in [9.17, 15) is 4.79 Å². The molecule has 3 aromatic rings. The summed E-state index contributed by atoms with van der Waals surface area (Å²) in [7, 11) is 0. The van der Waals surface area contributed by atoms with Gasteiger partial charge in [-0.15, -0.1) is 0 Å². The lowest BCUT2D eigenvalue weighted by Crippen LogP contribution is -2.27. The van der Waals surface area contributed by atoms with Crippen molar-refractivity contribution < 1.29 is 10.0 Å². The molecule has 0 saturated heterocycles. The molecule has 0 radical (unpaired) electrons. The van der Waals surface area contributed by atoms with Crippen molar-refractivity contribution in [2.24, 2.45) is 0 Å². The first-order valence-corrected chi connectivity index (χ1v) is 8.84. The van der Waals surface area contributed by atoms with E-state index in [-0.39, 0.29) is 6.54 Å². The lowest BCUT2D eigenvalue weighted by Gasteiger charge is -2.22. The highest BCUT2D eigenvalue weighted by Gasteiger charge is 2.24. The lowest BCUT2D eigenvalue weighted by atomic mass is 9.86. The van der Waals surface area contributed by atoms with Gasteiger partial charge in [-0.2, -0.15) is 0 Å². The molecule has 1 aromatic carbocycles. The number of imidazole rings is 1. The van der Waals surface area contributed by atoms with Crippen LogP contribution in [0.4, 0.5) is 5.82 Å². The molecular weight excluding hydrogens is 316 g/mol. The molecule has 0 unspecified atom stereocenters. The zero-order chi connectivity index (χ0) is 17.2. The number of hydroxylamine groups is 1. The molecule has 1 saturated carbocycles.